The first-order valence-electron chi connectivity index (χ1n) is 5.12. The Kier molecular flexibility index (Phi) is 4.52. The van der Waals surface area contributed by atoms with Crippen molar-refractivity contribution in [3.8, 4) is 0 Å². The quantitative estimate of drug-likeness (QED) is 0.684. The van der Waals surface area contributed by atoms with Crippen LogP contribution in [0, 0.1) is 17.6 Å². The summed E-state index contributed by atoms with van der Waals surface area (Å²) >= 11 is 6.05. The maximum atomic E-state index is 13.3. The Labute approximate surface area is 94.3 Å². The van der Waals surface area contributed by atoms with Gasteiger partial charge in [-0.25, -0.2) is 8.78 Å². The van der Waals surface area contributed by atoms with Crippen LogP contribution in [0.1, 0.15) is 25.8 Å². The Hall–Kier alpha value is -0.630. The molecule has 0 amide bonds. The number of benzene rings is 1. The second-order valence-corrected chi connectivity index (χ2v) is 4.40. The summed E-state index contributed by atoms with van der Waals surface area (Å²) in [5.74, 6) is -0.833. The maximum Gasteiger partial charge on any atom is 0.129 e. The average molecular weight is 233 g/mol. The van der Waals surface area contributed by atoms with Gasteiger partial charge in [0.15, 0.2) is 0 Å². The van der Waals surface area contributed by atoms with Gasteiger partial charge in [-0.05, 0) is 30.4 Å². The lowest BCUT2D eigenvalue weighted by Crippen LogP contribution is -2.13. The molecular weight excluding hydrogens is 218 g/mol. The molecule has 0 heterocycles. The predicted molar refractivity (Wildman–Crippen MR) is 59.2 cm³/mol. The summed E-state index contributed by atoms with van der Waals surface area (Å²) < 4.78 is 25.9. The second-order valence-electron chi connectivity index (χ2n) is 3.84. The topological polar surface area (TPSA) is 0 Å². The van der Waals surface area contributed by atoms with Crippen molar-refractivity contribution in [1.82, 2.24) is 0 Å². The molecule has 84 valence electrons. The molecule has 0 fully saturated rings. The molecule has 0 nitrogen and oxygen atoms in total. The van der Waals surface area contributed by atoms with Gasteiger partial charge in [0.05, 0.1) is 0 Å². The Morgan fingerprint density at radius 3 is 2.53 bits per heavy atom. The molecule has 2 atom stereocenters. The van der Waals surface area contributed by atoms with Crippen LogP contribution in [0.4, 0.5) is 8.78 Å². The zero-order valence-corrected chi connectivity index (χ0v) is 9.69. The van der Waals surface area contributed by atoms with E-state index in [1.165, 1.54) is 12.1 Å². The Morgan fingerprint density at radius 1 is 1.33 bits per heavy atom. The lowest BCUT2D eigenvalue weighted by Gasteiger charge is -2.16. The van der Waals surface area contributed by atoms with Gasteiger partial charge in [0.1, 0.15) is 11.6 Å². The van der Waals surface area contributed by atoms with Crippen molar-refractivity contribution in [3.63, 3.8) is 0 Å². The number of halogens is 3. The van der Waals surface area contributed by atoms with Crippen LogP contribution in [-0.4, -0.2) is 5.38 Å². The van der Waals surface area contributed by atoms with E-state index in [1.807, 2.05) is 13.8 Å². The van der Waals surface area contributed by atoms with Crippen molar-refractivity contribution in [3.05, 3.63) is 35.4 Å². The van der Waals surface area contributed by atoms with Gasteiger partial charge in [-0.1, -0.05) is 19.9 Å². The summed E-state index contributed by atoms with van der Waals surface area (Å²) in [7, 11) is 0. The fraction of sp³-hybridized carbons (Fsp3) is 0.500. The standard InChI is InChI=1S/C12H15ClF2/c1-3-11(13)8(2)6-9-4-5-10(14)7-12(9)15/h4-5,7-8,11H,3,6H2,1-2H3. The lowest BCUT2D eigenvalue weighted by atomic mass is 9.96. The minimum Gasteiger partial charge on any atom is -0.207 e. The molecule has 0 saturated heterocycles. The highest BCUT2D eigenvalue weighted by Gasteiger charge is 2.15. The van der Waals surface area contributed by atoms with Crippen molar-refractivity contribution in [2.45, 2.75) is 32.1 Å². The highest BCUT2D eigenvalue weighted by atomic mass is 35.5. The summed E-state index contributed by atoms with van der Waals surface area (Å²) in [6.07, 6.45) is 1.40. The number of rotatable bonds is 4. The highest BCUT2D eigenvalue weighted by Crippen LogP contribution is 2.21. The smallest absolute Gasteiger partial charge is 0.129 e. The van der Waals surface area contributed by atoms with Crippen molar-refractivity contribution in [2.24, 2.45) is 5.92 Å². The summed E-state index contributed by atoms with van der Waals surface area (Å²) in [6.45, 7) is 3.97. The second kappa shape index (κ2) is 5.45. The van der Waals surface area contributed by atoms with Crippen LogP contribution in [0.5, 0.6) is 0 Å². The van der Waals surface area contributed by atoms with Gasteiger partial charge in [0.2, 0.25) is 0 Å². The molecule has 0 bridgehead atoms. The first-order valence-corrected chi connectivity index (χ1v) is 5.56. The average Bonchev–Trinajstić information content (AvgIpc) is 2.20. The van der Waals surface area contributed by atoms with E-state index in [4.69, 9.17) is 11.6 Å². The van der Waals surface area contributed by atoms with Gasteiger partial charge >= 0.3 is 0 Å². The molecule has 2 unspecified atom stereocenters. The normalized spacial score (nSPS) is 15.0. The number of alkyl halides is 1. The minimum atomic E-state index is -0.540. The van der Waals surface area contributed by atoms with E-state index in [0.717, 1.165) is 12.5 Å². The van der Waals surface area contributed by atoms with E-state index in [9.17, 15) is 8.78 Å². The van der Waals surface area contributed by atoms with Gasteiger partial charge in [0, 0.05) is 11.4 Å². The molecule has 15 heavy (non-hydrogen) atoms. The largest absolute Gasteiger partial charge is 0.207 e. The molecule has 0 saturated carbocycles. The zero-order chi connectivity index (χ0) is 11.4. The van der Waals surface area contributed by atoms with Crippen molar-refractivity contribution in [1.29, 1.82) is 0 Å². The Balaban J connectivity index is 2.72. The molecule has 0 N–H and O–H groups in total. The number of hydrogen-bond acceptors (Lipinski definition) is 0. The third-order valence-electron chi connectivity index (χ3n) is 2.56. The SMILES string of the molecule is CCC(Cl)C(C)Cc1ccc(F)cc1F. The molecule has 1 rings (SSSR count). The lowest BCUT2D eigenvalue weighted by molar-refractivity contribution is 0.506. The summed E-state index contributed by atoms with van der Waals surface area (Å²) in [4.78, 5) is 0. The van der Waals surface area contributed by atoms with E-state index < -0.39 is 11.6 Å². The third-order valence-corrected chi connectivity index (χ3v) is 3.30. The van der Waals surface area contributed by atoms with E-state index in [0.29, 0.717) is 12.0 Å². The fourth-order valence-electron chi connectivity index (χ4n) is 1.56. The molecule has 0 aliphatic rings. The molecule has 1 aromatic rings. The van der Waals surface area contributed by atoms with Crippen LogP contribution < -0.4 is 0 Å². The van der Waals surface area contributed by atoms with E-state index >= 15 is 0 Å². The van der Waals surface area contributed by atoms with E-state index in [1.54, 1.807) is 0 Å². The van der Waals surface area contributed by atoms with Gasteiger partial charge in [-0.2, -0.15) is 0 Å². The van der Waals surface area contributed by atoms with Crippen LogP contribution in [-0.2, 0) is 6.42 Å². The van der Waals surface area contributed by atoms with Crippen LogP contribution in [0.15, 0.2) is 18.2 Å². The van der Waals surface area contributed by atoms with Gasteiger partial charge in [-0.3, -0.25) is 0 Å². The molecule has 0 spiro atoms. The maximum absolute atomic E-state index is 13.3. The van der Waals surface area contributed by atoms with Crippen LogP contribution in [0.3, 0.4) is 0 Å². The molecule has 0 aliphatic heterocycles. The van der Waals surface area contributed by atoms with Crippen LogP contribution >= 0.6 is 11.6 Å². The summed E-state index contributed by atoms with van der Waals surface area (Å²) in [6, 6.07) is 3.68. The van der Waals surface area contributed by atoms with Gasteiger partial charge in [-0.15, -0.1) is 11.6 Å². The van der Waals surface area contributed by atoms with Crippen molar-refractivity contribution < 1.29 is 8.78 Å². The van der Waals surface area contributed by atoms with Gasteiger partial charge < -0.3 is 0 Å². The monoisotopic (exact) mass is 232 g/mol. The van der Waals surface area contributed by atoms with Crippen LogP contribution in [0.2, 0.25) is 0 Å². The molecule has 1 aromatic carbocycles. The van der Waals surface area contributed by atoms with Crippen molar-refractivity contribution in [2.75, 3.05) is 0 Å². The molecule has 0 aliphatic carbocycles. The molecule has 0 radical (unpaired) electrons. The first kappa shape index (κ1) is 12.4. The minimum absolute atomic E-state index is 0.0365. The Bertz CT molecular complexity index is 325. The number of hydrogen-bond donors (Lipinski definition) is 0. The highest BCUT2D eigenvalue weighted by molar-refractivity contribution is 6.20. The fourth-order valence-corrected chi connectivity index (χ4v) is 1.65. The summed E-state index contributed by atoms with van der Waals surface area (Å²) in [5, 5.41) is 0.0365. The zero-order valence-electron chi connectivity index (χ0n) is 8.93. The first-order chi connectivity index (χ1) is 7.04. The van der Waals surface area contributed by atoms with E-state index in [-0.39, 0.29) is 11.3 Å². The van der Waals surface area contributed by atoms with Crippen LogP contribution in [0.25, 0.3) is 0 Å². The van der Waals surface area contributed by atoms with Crippen molar-refractivity contribution >= 4 is 11.6 Å². The molecular formula is C12H15ClF2. The molecule has 3 heteroatoms. The molecule has 0 aromatic heterocycles. The summed E-state index contributed by atoms with van der Waals surface area (Å²) in [5.41, 5.74) is 0.531. The van der Waals surface area contributed by atoms with Gasteiger partial charge in [0.25, 0.3) is 0 Å². The Morgan fingerprint density at radius 2 is 2.00 bits per heavy atom. The van der Waals surface area contributed by atoms with E-state index in [2.05, 4.69) is 0 Å². The third kappa shape index (κ3) is 3.45. The predicted octanol–water partition coefficient (Wildman–Crippen LogP) is 4.16.